The van der Waals surface area contributed by atoms with Crippen LogP contribution in [0.15, 0.2) is 176 Å². The second kappa shape index (κ2) is 12.7. The Balaban J connectivity index is 1.18. The Hall–Kier alpha value is -6.09. The minimum atomic E-state index is -0.0260. The van der Waals surface area contributed by atoms with E-state index >= 15 is 0 Å². The molecule has 0 aromatic heterocycles. The van der Waals surface area contributed by atoms with Crippen LogP contribution in [0.1, 0.15) is 38.2 Å². The molecule has 0 bridgehead atoms. The van der Waals surface area contributed by atoms with Crippen LogP contribution in [0, 0.1) is 0 Å². The normalized spacial score (nSPS) is 19.1. The van der Waals surface area contributed by atoms with E-state index in [0.29, 0.717) is 0 Å². The fraction of sp³-hybridized carbons (Fsp3) is 0.143. The maximum absolute atomic E-state index is 2.70. The van der Waals surface area contributed by atoms with E-state index in [2.05, 4.69) is 206 Å². The van der Waals surface area contributed by atoms with E-state index in [0.717, 1.165) is 0 Å². The molecule has 0 N–H and O–H groups in total. The van der Waals surface area contributed by atoms with Crippen molar-refractivity contribution in [3.8, 4) is 33.4 Å². The zero-order valence-electron chi connectivity index (χ0n) is 32.9. The van der Waals surface area contributed by atoms with Gasteiger partial charge in [0, 0.05) is 11.4 Å². The molecule has 10 aromatic carbocycles. The van der Waals surface area contributed by atoms with Crippen molar-refractivity contribution in [2.45, 2.75) is 42.9 Å². The van der Waals surface area contributed by atoms with Gasteiger partial charge in [-0.15, -0.1) is 0 Å². The lowest BCUT2D eigenvalue weighted by atomic mass is 9.71. The van der Waals surface area contributed by atoms with Gasteiger partial charge in [-0.25, -0.2) is 0 Å². The van der Waals surface area contributed by atoms with Crippen LogP contribution in [0.4, 0.5) is 11.4 Å². The van der Waals surface area contributed by atoms with Gasteiger partial charge in [-0.3, -0.25) is 0 Å². The Morgan fingerprint density at radius 3 is 1.78 bits per heavy atom. The van der Waals surface area contributed by atoms with Crippen LogP contribution in [0.2, 0.25) is 0 Å². The summed E-state index contributed by atoms with van der Waals surface area (Å²) in [7, 11) is 0. The Morgan fingerprint density at radius 1 is 0.448 bits per heavy atom. The number of para-hydroxylation sites is 1. The maximum atomic E-state index is 2.70. The standard InChI is InChI=1S/C56H43NS/c1-55-32-10-11-33-56(55,58-2)51-34-39(26-31-52(51)57(55)40-18-4-3-5-19-40)49-35-50(44-23-13-17-37-15-7-9-21-42(37)44)48-28-25-38-24-27-45(46-29-30-47(49)54(48)53(38)46)43-22-12-16-36-14-6-8-20-41(36)43/h3-9,12-31,34-35H,10-11,32-33H2,1-2H3. The van der Waals surface area contributed by atoms with Gasteiger partial charge >= 0.3 is 0 Å². The lowest BCUT2D eigenvalue weighted by Crippen LogP contribution is -2.54. The summed E-state index contributed by atoms with van der Waals surface area (Å²) in [6.07, 6.45) is 7.23. The van der Waals surface area contributed by atoms with E-state index in [4.69, 9.17) is 0 Å². The van der Waals surface area contributed by atoms with Gasteiger partial charge in [0.15, 0.2) is 0 Å². The number of rotatable bonds is 5. The number of hydrogen-bond donors (Lipinski definition) is 0. The fourth-order valence-electron chi connectivity index (χ4n) is 11.5. The first kappa shape index (κ1) is 34.0. The minimum Gasteiger partial charge on any atom is -0.334 e. The van der Waals surface area contributed by atoms with Crippen LogP contribution < -0.4 is 4.90 Å². The Bertz CT molecular complexity index is 3240. The van der Waals surface area contributed by atoms with E-state index in [1.165, 1.54) is 130 Å². The van der Waals surface area contributed by atoms with Gasteiger partial charge < -0.3 is 4.90 Å². The van der Waals surface area contributed by atoms with E-state index in [9.17, 15) is 0 Å². The highest BCUT2D eigenvalue weighted by atomic mass is 32.2. The Morgan fingerprint density at radius 2 is 1.03 bits per heavy atom. The van der Waals surface area contributed by atoms with E-state index in [-0.39, 0.29) is 10.3 Å². The lowest BCUT2D eigenvalue weighted by Gasteiger charge is -2.51. The van der Waals surface area contributed by atoms with Crippen molar-refractivity contribution < 1.29 is 0 Å². The van der Waals surface area contributed by atoms with Crippen LogP contribution in [0.25, 0.3) is 87.2 Å². The average Bonchev–Trinajstić information content (AvgIpc) is 3.52. The van der Waals surface area contributed by atoms with Crippen LogP contribution in [0.3, 0.4) is 0 Å². The summed E-state index contributed by atoms with van der Waals surface area (Å²) >= 11 is 2.08. The molecule has 12 rings (SSSR count). The predicted octanol–water partition coefficient (Wildman–Crippen LogP) is 15.9. The second-order valence-electron chi connectivity index (χ2n) is 16.8. The molecule has 1 fully saturated rings. The van der Waals surface area contributed by atoms with E-state index < -0.39 is 0 Å². The smallest absolute Gasteiger partial charge is 0.0658 e. The molecular weight excluding hydrogens is 719 g/mol. The molecule has 2 unspecified atom stereocenters. The van der Waals surface area contributed by atoms with Crippen molar-refractivity contribution >= 4 is 77.0 Å². The summed E-state index contributed by atoms with van der Waals surface area (Å²) in [5.41, 5.74) is 11.8. The van der Waals surface area contributed by atoms with Gasteiger partial charge in [0.2, 0.25) is 0 Å². The number of anilines is 2. The molecule has 278 valence electrons. The zero-order valence-corrected chi connectivity index (χ0v) is 33.7. The molecule has 1 heterocycles. The highest BCUT2D eigenvalue weighted by Gasteiger charge is 2.60. The Labute approximate surface area is 344 Å². The fourth-order valence-corrected chi connectivity index (χ4v) is 12.8. The summed E-state index contributed by atoms with van der Waals surface area (Å²) in [6.45, 7) is 2.54. The molecule has 0 saturated heterocycles. The first-order chi connectivity index (χ1) is 28.6. The number of fused-ring (bicyclic) bond motifs is 5. The minimum absolute atomic E-state index is 0.0119. The van der Waals surface area contributed by atoms with Gasteiger partial charge in [-0.2, -0.15) is 11.8 Å². The summed E-state index contributed by atoms with van der Waals surface area (Å²) in [5, 5.41) is 13.0. The van der Waals surface area contributed by atoms with Crippen molar-refractivity contribution in [3.63, 3.8) is 0 Å². The number of thioether (sulfide) groups is 1. The van der Waals surface area contributed by atoms with Crippen LogP contribution in [0.5, 0.6) is 0 Å². The molecule has 10 aromatic rings. The highest BCUT2D eigenvalue weighted by Crippen LogP contribution is 2.65. The van der Waals surface area contributed by atoms with E-state index in [1.807, 2.05) is 0 Å². The third-order valence-electron chi connectivity index (χ3n) is 14.1. The molecule has 2 aliphatic rings. The zero-order chi connectivity index (χ0) is 38.6. The van der Waals surface area contributed by atoms with Gasteiger partial charge in [0.05, 0.1) is 10.3 Å². The number of benzene rings is 10. The summed E-state index contributed by atoms with van der Waals surface area (Å²) in [6, 6.07) is 66.6. The topological polar surface area (TPSA) is 3.24 Å². The molecule has 2 heteroatoms. The van der Waals surface area contributed by atoms with Crippen molar-refractivity contribution in [1.29, 1.82) is 0 Å². The summed E-state index contributed by atoms with van der Waals surface area (Å²) in [4.78, 5) is 2.70. The molecule has 2 atom stereocenters. The monoisotopic (exact) mass is 761 g/mol. The molecule has 58 heavy (non-hydrogen) atoms. The second-order valence-corrected chi connectivity index (χ2v) is 17.9. The molecular formula is C56H43NS. The first-order valence-corrected chi connectivity index (χ1v) is 22.1. The molecule has 1 saturated carbocycles. The number of nitrogens with zero attached hydrogens (tertiary/aromatic N) is 1. The predicted molar refractivity (Wildman–Crippen MR) is 252 cm³/mol. The third-order valence-corrected chi connectivity index (χ3v) is 15.7. The summed E-state index contributed by atoms with van der Waals surface area (Å²) < 4.78 is -0.0119. The molecule has 0 spiro atoms. The molecule has 1 nitrogen and oxygen atoms in total. The third kappa shape index (κ3) is 4.61. The lowest BCUT2D eigenvalue weighted by molar-refractivity contribution is 0.262. The number of hydrogen-bond acceptors (Lipinski definition) is 2. The van der Waals surface area contributed by atoms with Crippen molar-refractivity contribution in [2.24, 2.45) is 0 Å². The van der Waals surface area contributed by atoms with Crippen molar-refractivity contribution in [2.75, 3.05) is 11.2 Å². The van der Waals surface area contributed by atoms with Gasteiger partial charge in [0.25, 0.3) is 0 Å². The first-order valence-electron chi connectivity index (χ1n) is 20.8. The average molecular weight is 762 g/mol. The largest absolute Gasteiger partial charge is 0.334 e. The van der Waals surface area contributed by atoms with Gasteiger partial charge in [0.1, 0.15) is 0 Å². The Kier molecular flexibility index (Phi) is 7.45. The van der Waals surface area contributed by atoms with Crippen LogP contribution in [-0.2, 0) is 4.75 Å². The molecule has 0 radical (unpaired) electrons. The molecule has 0 amide bonds. The SMILES string of the molecule is CSC12CCCCC1(C)N(c1ccccc1)c1ccc(-c3cc(-c4cccc5ccccc45)c4ccc5ccc(-c6cccc7ccccc67)c6ccc3c4c56)cc12. The molecule has 1 aliphatic heterocycles. The summed E-state index contributed by atoms with van der Waals surface area (Å²) in [5.74, 6) is 0. The van der Waals surface area contributed by atoms with E-state index in [1.54, 1.807) is 0 Å². The highest BCUT2D eigenvalue weighted by molar-refractivity contribution is 7.99. The maximum Gasteiger partial charge on any atom is 0.0658 e. The quantitative estimate of drug-likeness (QED) is 0.161. The van der Waals surface area contributed by atoms with Crippen molar-refractivity contribution in [3.05, 3.63) is 181 Å². The van der Waals surface area contributed by atoms with Gasteiger partial charge in [-0.1, -0.05) is 158 Å². The van der Waals surface area contributed by atoms with Gasteiger partial charge in [-0.05, 0) is 149 Å². The molecule has 1 aliphatic carbocycles. The van der Waals surface area contributed by atoms with Crippen LogP contribution in [-0.4, -0.2) is 11.8 Å². The van der Waals surface area contributed by atoms with Crippen molar-refractivity contribution in [1.82, 2.24) is 0 Å². The van der Waals surface area contributed by atoms with Crippen LogP contribution >= 0.6 is 11.8 Å².